The molecule has 106 valence electrons. The van der Waals surface area contributed by atoms with Crippen LogP contribution in [0.4, 0.5) is 13.2 Å². The molecule has 1 unspecified atom stereocenters. The first-order chi connectivity index (χ1) is 8.75. The molecule has 1 aromatic rings. The van der Waals surface area contributed by atoms with E-state index in [1.54, 1.807) is 6.92 Å². The van der Waals surface area contributed by atoms with Crippen LogP contribution in [0, 0.1) is 0 Å². The van der Waals surface area contributed by atoms with E-state index in [4.69, 9.17) is 14.6 Å². The van der Waals surface area contributed by atoms with Crippen LogP contribution in [0.2, 0.25) is 0 Å². The first-order valence-corrected chi connectivity index (χ1v) is 5.48. The van der Waals surface area contributed by atoms with Gasteiger partial charge in [-0.25, -0.2) is 4.79 Å². The standard InChI is InChI=1S/C12H13F3O4/c1-3-18-7(2)19-10-6-8(11(16)17)4-5-9(10)12(13,14)15/h4-7H,3H2,1-2H3,(H,16,17). The number of carboxylic acids is 1. The Kier molecular flexibility index (Phi) is 4.77. The third-order valence-corrected chi connectivity index (χ3v) is 2.23. The molecule has 0 saturated carbocycles. The Morgan fingerprint density at radius 3 is 2.53 bits per heavy atom. The zero-order chi connectivity index (χ0) is 14.6. The molecule has 0 aliphatic rings. The number of carbonyl (C=O) groups is 1. The molecule has 1 atom stereocenters. The van der Waals surface area contributed by atoms with E-state index < -0.39 is 29.7 Å². The lowest BCUT2D eigenvalue weighted by Crippen LogP contribution is -2.19. The summed E-state index contributed by atoms with van der Waals surface area (Å²) in [6.07, 6.45) is -5.53. The maximum atomic E-state index is 12.7. The molecule has 0 amide bonds. The van der Waals surface area contributed by atoms with Gasteiger partial charge in [0.25, 0.3) is 0 Å². The Balaban J connectivity index is 3.15. The lowest BCUT2D eigenvalue weighted by Gasteiger charge is -2.18. The fourth-order valence-corrected chi connectivity index (χ4v) is 1.43. The average Bonchev–Trinajstić information content (AvgIpc) is 2.27. The summed E-state index contributed by atoms with van der Waals surface area (Å²) in [4.78, 5) is 10.8. The third-order valence-electron chi connectivity index (χ3n) is 2.23. The van der Waals surface area contributed by atoms with Crippen LogP contribution in [0.3, 0.4) is 0 Å². The average molecular weight is 278 g/mol. The van der Waals surface area contributed by atoms with Crippen LogP contribution in [-0.2, 0) is 10.9 Å². The largest absolute Gasteiger partial charge is 0.478 e. The predicted molar refractivity (Wildman–Crippen MR) is 60.1 cm³/mol. The van der Waals surface area contributed by atoms with Crippen LogP contribution in [0.5, 0.6) is 5.75 Å². The summed E-state index contributed by atoms with van der Waals surface area (Å²) in [5, 5.41) is 8.77. The van der Waals surface area contributed by atoms with Crippen LogP contribution in [-0.4, -0.2) is 24.0 Å². The fourth-order valence-electron chi connectivity index (χ4n) is 1.43. The molecule has 0 bridgehead atoms. The lowest BCUT2D eigenvalue weighted by molar-refractivity contribution is -0.141. The molecule has 0 fully saturated rings. The first-order valence-electron chi connectivity index (χ1n) is 5.48. The van der Waals surface area contributed by atoms with Gasteiger partial charge in [-0.1, -0.05) is 0 Å². The van der Waals surface area contributed by atoms with Crippen LogP contribution >= 0.6 is 0 Å². The number of halogens is 3. The maximum absolute atomic E-state index is 12.7. The summed E-state index contributed by atoms with van der Waals surface area (Å²) in [7, 11) is 0. The molecule has 19 heavy (non-hydrogen) atoms. The van der Waals surface area contributed by atoms with E-state index in [0.29, 0.717) is 6.07 Å². The molecule has 0 heterocycles. The van der Waals surface area contributed by atoms with Gasteiger partial charge >= 0.3 is 12.1 Å². The molecule has 0 aliphatic heterocycles. The Morgan fingerprint density at radius 2 is 2.05 bits per heavy atom. The summed E-state index contributed by atoms with van der Waals surface area (Å²) in [5.74, 6) is -1.89. The van der Waals surface area contributed by atoms with E-state index >= 15 is 0 Å². The Hall–Kier alpha value is -1.76. The Morgan fingerprint density at radius 1 is 1.42 bits per heavy atom. The third kappa shape index (κ3) is 4.13. The lowest BCUT2D eigenvalue weighted by atomic mass is 10.1. The summed E-state index contributed by atoms with van der Waals surface area (Å²) in [6.45, 7) is 3.36. The minimum absolute atomic E-state index is 0.265. The van der Waals surface area contributed by atoms with Gasteiger partial charge < -0.3 is 14.6 Å². The van der Waals surface area contributed by atoms with Crippen molar-refractivity contribution in [1.29, 1.82) is 0 Å². The first kappa shape index (κ1) is 15.3. The Labute approximate surface area is 107 Å². The van der Waals surface area contributed by atoms with Crippen LogP contribution < -0.4 is 4.74 Å². The summed E-state index contributed by atoms with van der Waals surface area (Å²) >= 11 is 0. The number of hydrogen-bond acceptors (Lipinski definition) is 3. The minimum Gasteiger partial charge on any atom is -0.478 e. The van der Waals surface area contributed by atoms with Crippen molar-refractivity contribution in [3.05, 3.63) is 29.3 Å². The van der Waals surface area contributed by atoms with Crippen molar-refractivity contribution in [3.63, 3.8) is 0 Å². The molecule has 4 nitrogen and oxygen atoms in total. The van der Waals surface area contributed by atoms with E-state index in [1.807, 2.05) is 0 Å². The van der Waals surface area contributed by atoms with Gasteiger partial charge in [0.15, 0.2) is 6.29 Å². The van der Waals surface area contributed by atoms with Gasteiger partial charge in [0.1, 0.15) is 5.75 Å². The highest BCUT2D eigenvalue weighted by molar-refractivity contribution is 5.88. The van der Waals surface area contributed by atoms with Gasteiger partial charge in [-0.15, -0.1) is 0 Å². The van der Waals surface area contributed by atoms with E-state index in [1.165, 1.54) is 6.92 Å². The number of ether oxygens (including phenoxy) is 2. The zero-order valence-corrected chi connectivity index (χ0v) is 10.3. The number of carboxylic acid groups (broad SMARTS) is 1. The Bertz CT molecular complexity index is 457. The number of aromatic carboxylic acids is 1. The van der Waals surface area contributed by atoms with Crippen molar-refractivity contribution in [3.8, 4) is 5.75 Å². The van der Waals surface area contributed by atoms with Crippen LogP contribution in [0.15, 0.2) is 18.2 Å². The molecule has 0 saturated heterocycles. The molecule has 0 aliphatic carbocycles. The van der Waals surface area contributed by atoms with Gasteiger partial charge in [0, 0.05) is 6.61 Å². The van der Waals surface area contributed by atoms with Crippen LogP contribution in [0.1, 0.15) is 29.8 Å². The maximum Gasteiger partial charge on any atom is 0.419 e. The van der Waals surface area contributed by atoms with Gasteiger partial charge in [0.2, 0.25) is 0 Å². The van der Waals surface area contributed by atoms with E-state index in [2.05, 4.69) is 0 Å². The molecule has 1 aromatic carbocycles. The molecular formula is C12H13F3O4. The number of benzene rings is 1. The van der Waals surface area contributed by atoms with Crippen molar-refractivity contribution < 1.29 is 32.5 Å². The molecule has 0 aromatic heterocycles. The predicted octanol–water partition coefficient (Wildman–Crippen LogP) is 3.16. The minimum atomic E-state index is -4.63. The number of rotatable bonds is 5. The molecule has 7 heteroatoms. The van der Waals surface area contributed by atoms with E-state index in [9.17, 15) is 18.0 Å². The molecule has 0 spiro atoms. The second-order valence-electron chi connectivity index (χ2n) is 3.65. The van der Waals surface area contributed by atoms with E-state index in [-0.39, 0.29) is 12.2 Å². The highest BCUT2D eigenvalue weighted by Crippen LogP contribution is 2.37. The topological polar surface area (TPSA) is 55.8 Å². The smallest absolute Gasteiger partial charge is 0.419 e. The SMILES string of the molecule is CCOC(C)Oc1cc(C(=O)O)ccc1C(F)(F)F. The summed E-state index contributed by atoms with van der Waals surface area (Å²) in [6, 6.07) is 2.39. The molecule has 1 rings (SSSR count). The quantitative estimate of drug-likeness (QED) is 0.840. The normalized spacial score (nSPS) is 13.1. The monoisotopic (exact) mass is 278 g/mol. The molecular weight excluding hydrogens is 265 g/mol. The number of hydrogen-bond donors (Lipinski definition) is 1. The van der Waals surface area contributed by atoms with Crippen molar-refractivity contribution >= 4 is 5.97 Å². The van der Waals surface area contributed by atoms with E-state index in [0.717, 1.165) is 12.1 Å². The second kappa shape index (κ2) is 5.92. The van der Waals surface area contributed by atoms with Crippen LogP contribution in [0.25, 0.3) is 0 Å². The van der Waals surface area contributed by atoms with Crippen molar-refractivity contribution in [2.24, 2.45) is 0 Å². The molecule has 1 N–H and O–H groups in total. The zero-order valence-electron chi connectivity index (χ0n) is 10.3. The summed E-state index contributed by atoms with van der Waals surface area (Å²) < 4.78 is 48.2. The molecule has 0 radical (unpaired) electrons. The van der Waals surface area contributed by atoms with Gasteiger partial charge in [-0.3, -0.25) is 0 Å². The van der Waals surface area contributed by atoms with Gasteiger partial charge in [0.05, 0.1) is 11.1 Å². The van der Waals surface area contributed by atoms with Crippen molar-refractivity contribution in [2.45, 2.75) is 26.3 Å². The van der Waals surface area contributed by atoms with Gasteiger partial charge in [-0.05, 0) is 32.0 Å². The van der Waals surface area contributed by atoms with Crippen molar-refractivity contribution in [2.75, 3.05) is 6.61 Å². The van der Waals surface area contributed by atoms with Crippen molar-refractivity contribution in [1.82, 2.24) is 0 Å². The fraction of sp³-hybridized carbons (Fsp3) is 0.417. The van der Waals surface area contributed by atoms with Gasteiger partial charge in [-0.2, -0.15) is 13.2 Å². The highest BCUT2D eigenvalue weighted by atomic mass is 19.4. The highest BCUT2D eigenvalue weighted by Gasteiger charge is 2.35. The second-order valence-corrected chi connectivity index (χ2v) is 3.65. The number of alkyl halides is 3. The summed E-state index contributed by atoms with van der Waals surface area (Å²) in [5.41, 5.74) is -1.32.